The monoisotopic (exact) mass is 262 g/mol. The Labute approximate surface area is 94.8 Å². The molecule has 1 unspecified atom stereocenters. The fourth-order valence-corrected chi connectivity index (χ4v) is 1.86. The predicted octanol–water partition coefficient (Wildman–Crippen LogP) is 3.31. The summed E-state index contributed by atoms with van der Waals surface area (Å²) in [6, 6.07) is 0. The van der Waals surface area contributed by atoms with Gasteiger partial charge in [0.1, 0.15) is 0 Å². The molecule has 0 aromatic rings. The average Bonchev–Trinajstić information content (AvgIpc) is 2.13. The van der Waals surface area contributed by atoms with E-state index >= 15 is 0 Å². The van der Waals surface area contributed by atoms with Crippen LogP contribution in [0.1, 0.15) is 33.1 Å². The Morgan fingerprint density at radius 1 is 1.50 bits per heavy atom. The molecule has 0 amide bonds. The van der Waals surface area contributed by atoms with E-state index in [1.807, 2.05) is 13.0 Å². The number of halogens is 1. The highest BCUT2D eigenvalue weighted by molar-refractivity contribution is 9.09. The third-order valence-electron chi connectivity index (χ3n) is 1.97. The maximum absolute atomic E-state index is 10.9. The van der Waals surface area contributed by atoms with Crippen molar-refractivity contribution in [3.8, 4) is 0 Å². The summed E-state index contributed by atoms with van der Waals surface area (Å²) >= 11 is 3.41. The Morgan fingerprint density at radius 3 is 2.79 bits per heavy atom. The summed E-state index contributed by atoms with van der Waals surface area (Å²) in [5.41, 5.74) is 0. The van der Waals surface area contributed by atoms with E-state index in [2.05, 4.69) is 22.9 Å². The molecule has 0 rings (SSSR count). The molecule has 82 valence electrons. The Balaban J connectivity index is 3.47. The van der Waals surface area contributed by atoms with Gasteiger partial charge in [-0.2, -0.15) is 0 Å². The van der Waals surface area contributed by atoms with Gasteiger partial charge in [0.25, 0.3) is 0 Å². The van der Waals surface area contributed by atoms with Crippen LogP contribution in [0.25, 0.3) is 0 Å². The lowest BCUT2D eigenvalue weighted by molar-refractivity contribution is -0.137. The van der Waals surface area contributed by atoms with Crippen LogP contribution in [-0.4, -0.2) is 17.9 Å². The van der Waals surface area contributed by atoms with Gasteiger partial charge in [-0.15, -0.1) is 0 Å². The Hall–Kier alpha value is -0.310. The van der Waals surface area contributed by atoms with Crippen LogP contribution in [0.5, 0.6) is 0 Å². The third-order valence-corrected chi connectivity index (χ3v) is 2.43. The van der Waals surface area contributed by atoms with Crippen LogP contribution in [0.3, 0.4) is 0 Å². The Kier molecular flexibility index (Phi) is 9.05. The number of rotatable bonds is 7. The van der Waals surface area contributed by atoms with Crippen LogP contribution in [-0.2, 0) is 9.53 Å². The van der Waals surface area contributed by atoms with Crippen molar-refractivity contribution in [2.45, 2.75) is 33.1 Å². The van der Waals surface area contributed by atoms with E-state index in [9.17, 15) is 4.79 Å². The molecular weight excluding hydrogens is 244 g/mol. The first-order valence-corrected chi connectivity index (χ1v) is 6.22. The van der Waals surface area contributed by atoms with Gasteiger partial charge < -0.3 is 4.74 Å². The van der Waals surface area contributed by atoms with Gasteiger partial charge in [-0.25, -0.2) is 4.79 Å². The van der Waals surface area contributed by atoms with Crippen LogP contribution in [0.4, 0.5) is 0 Å². The van der Waals surface area contributed by atoms with E-state index in [0.717, 1.165) is 18.2 Å². The normalized spacial score (nSPS) is 13.1. The Morgan fingerprint density at radius 2 is 2.21 bits per heavy atom. The number of carbonyl (C=O) groups excluding carboxylic acids is 1. The molecule has 0 saturated heterocycles. The summed E-state index contributed by atoms with van der Waals surface area (Å²) in [5, 5.41) is 1.05. The molecule has 1 atom stereocenters. The zero-order chi connectivity index (χ0) is 10.8. The van der Waals surface area contributed by atoms with Gasteiger partial charge >= 0.3 is 5.97 Å². The first-order valence-electron chi connectivity index (χ1n) is 5.10. The van der Waals surface area contributed by atoms with Crippen molar-refractivity contribution >= 4 is 21.9 Å². The highest BCUT2D eigenvalue weighted by Crippen LogP contribution is 2.11. The number of esters is 1. The second kappa shape index (κ2) is 9.25. The number of alkyl halides is 1. The molecule has 0 aliphatic heterocycles. The third kappa shape index (κ3) is 8.30. The van der Waals surface area contributed by atoms with Crippen molar-refractivity contribution in [3.05, 3.63) is 12.2 Å². The summed E-state index contributed by atoms with van der Waals surface area (Å²) in [6.45, 7) is 4.48. The molecule has 2 nitrogen and oxygen atoms in total. The zero-order valence-electron chi connectivity index (χ0n) is 8.96. The van der Waals surface area contributed by atoms with Gasteiger partial charge in [-0.1, -0.05) is 28.9 Å². The van der Waals surface area contributed by atoms with Crippen molar-refractivity contribution in [2.75, 3.05) is 11.9 Å². The first kappa shape index (κ1) is 13.7. The van der Waals surface area contributed by atoms with Crippen molar-refractivity contribution in [3.63, 3.8) is 0 Å². The maximum atomic E-state index is 10.9. The number of carbonyl (C=O) groups is 1. The molecule has 3 heteroatoms. The van der Waals surface area contributed by atoms with Crippen molar-refractivity contribution < 1.29 is 9.53 Å². The van der Waals surface area contributed by atoms with Crippen molar-refractivity contribution in [2.24, 2.45) is 5.92 Å². The standard InChI is InChI=1S/C11H19BrO2/c1-3-14-11(13)7-5-4-6-10(2)8-9-12/h5,7,10H,3-4,6,8-9H2,1-2H3/b7-5+. The van der Waals surface area contributed by atoms with Crippen molar-refractivity contribution in [1.29, 1.82) is 0 Å². The lowest BCUT2D eigenvalue weighted by Crippen LogP contribution is -1.99. The highest BCUT2D eigenvalue weighted by Gasteiger charge is 1.99. The highest BCUT2D eigenvalue weighted by atomic mass is 79.9. The largest absolute Gasteiger partial charge is 0.463 e. The lowest BCUT2D eigenvalue weighted by atomic mass is 10.0. The molecule has 0 aromatic carbocycles. The minimum atomic E-state index is -0.236. The van der Waals surface area contributed by atoms with Crippen molar-refractivity contribution in [1.82, 2.24) is 0 Å². The molecule has 14 heavy (non-hydrogen) atoms. The number of ether oxygens (including phenoxy) is 1. The van der Waals surface area contributed by atoms with E-state index in [-0.39, 0.29) is 5.97 Å². The second-order valence-electron chi connectivity index (χ2n) is 3.31. The lowest BCUT2D eigenvalue weighted by Gasteiger charge is -2.05. The fourth-order valence-electron chi connectivity index (χ4n) is 1.08. The summed E-state index contributed by atoms with van der Waals surface area (Å²) in [5.74, 6) is 0.474. The molecule has 0 bridgehead atoms. The topological polar surface area (TPSA) is 26.3 Å². The van der Waals surface area contributed by atoms with E-state index < -0.39 is 0 Å². The summed E-state index contributed by atoms with van der Waals surface area (Å²) in [7, 11) is 0. The number of allylic oxidation sites excluding steroid dienone is 1. The molecule has 0 heterocycles. The molecule has 0 fully saturated rings. The SMILES string of the molecule is CCOC(=O)/C=C/CCC(C)CCBr. The first-order chi connectivity index (χ1) is 6.70. The van der Waals surface area contributed by atoms with Crippen LogP contribution in [0.15, 0.2) is 12.2 Å². The van der Waals surface area contributed by atoms with Gasteiger partial charge in [0.2, 0.25) is 0 Å². The van der Waals surface area contributed by atoms with Gasteiger partial charge in [0.05, 0.1) is 6.61 Å². The van der Waals surface area contributed by atoms with Crippen LogP contribution >= 0.6 is 15.9 Å². The van der Waals surface area contributed by atoms with E-state index in [4.69, 9.17) is 4.74 Å². The quantitative estimate of drug-likeness (QED) is 0.400. The fraction of sp³-hybridized carbons (Fsp3) is 0.727. The van der Waals surface area contributed by atoms with Crippen LogP contribution in [0.2, 0.25) is 0 Å². The second-order valence-corrected chi connectivity index (χ2v) is 4.11. The predicted molar refractivity (Wildman–Crippen MR) is 62.6 cm³/mol. The molecule has 0 aromatic heterocycles. The molecule has 0 spiro atoms. The van der Waals surface area contributed by atoms with E-state index in [0.29, 0.717) is 12.5 Å². The molecular formula is C11H19BrO2. The summed E-state index contributed by atoms with van der Waals surface area (Å²) < 4.78 is 4.76. The molecule has 0 aliphatic rings. The van der Waals surface area contributed by atoms with E-state index in [1.54, 1.807) is 0 Å². The van der Waals surface area contributed by atoms with Crippen LogP contribution in [0, 0.1) is 5.92 Å². The summed E-state index contributed by atoms with van der Waals surface area (Å²) in [6.07, 6.45) is 6.68. The number of hydrogen-bond acceptors (Lipinski definition) is 2. The Bertz CT molecular complexity index is 178. The van der Waals surface area contributed by atoms with Gasteiger partial charge in [-0.05, 0) is 32.1 Å². The average molecular weight is 263 g/mol. The molecule has 0 saturated carbocycles. The zero-order valence-corrected chi connectivity index (χ0v) is 10.5. The molecule has 0 radical (unpaired) electrons. The van der Waals surface area contributed by atoms with Gasteiger partial charge in [-0.3, -0.25) is 0 Å². The summed E-state index contributed by atoms with van der Waals surface area (Å²) in [4.78, 5) is 10.9. The minimum absolute atomic E-state index is 0.236. The smallest absolute Gasteiger partial charge is 0.330 e. The van der Waals surface area contributed by atoms with Gasteiger partial charge in [0, 0.05) is 11.4 Å². The molecule has 0 N–H and O–H groups in total. The number of hydrogen-bond donors (Lipinski definition) is 0. The minimum Gasteiger partial charge on any atom is -0.463 e. The maximum Gasteiger partial charge on any atom is 0.330 e. The van der Waals surface area contributed by atoms with Gasteiger partial charge in [0.15, 0.2) is 0 Å². The van der Waals surface area contributed by atoms with E-state index in [1.165, 1.54) is 12.5 Å². The van der Waals surface area contributed by atoms with Crippen LogP contribution < -0.4 is 0 Å². The molecule has 0 aliphatic carbocycles.